The molecule has 8 nitrogen and oxygen atoms in total. The van der Waals surface area contributed by atoms with Gasteiger partial charge < -0.3 is 9.47 Å². The zero-order valence-electron chi connectivity index (χ0n) is 20.4. The van der Waals surface area contributed by atoms with Gasteiger partial charge >= 0.3 is 6.36 Å². The van der Waals surface area contributed by atoms with Crippen LogP contribution in [0.5, 0.6) is 11.5 Å². The molecule has 0 saturated heterocycles. The van der Waals surface area contributed by atoms with Gasteiger partial charge in [-0.05, 0) is 54.4 Å². The van der Waals surface area contributed by atoms with E-state index in [2.05, 4.69) is 43.3 Å². The van der Waals surface area contributed by atoms with E-state index < -0.39 is 6.36 Å². The first kappa shape index (κ1) is 27.0. The minimum Gasteiger partial charge on any atom is -0.497 e. The number of nitrogens with one attached hydrogen (secondary N) is 2. The number of methoxy groups -OCH3 is 1. The van der Waals surface area contributed by atoms with Crippen LogP contribution < -0.4 is 20.2 Å². The standard InChI is InChI=1S/C26H25F3N6O2S/c1-17(20-4-3-5-23(14-20)36-2)32-25(38)33-31-15-18-6-8-19(9-7-18)24-30-16-35(34-24)21-10-12-22(13-11-21)37-26(27,28)29/h3-17,25,32-33,38H,1-2H3/b31-15+. The molecule has 38 heavy (non-hydrogen) atoms. The normalized spacial score (nSPS) is 13.3. The Bertz CT molecular complexity index is 1360. The lowest BCUT2D eigenvalue weighted by Gasteiger charge is -2.19. The van der Waals surface area contributed by atoms with Gasteiger partial charge in [-0.25, -0.2) is 9.67 Å². The highest BCUT2D eigenvalue weighted by Gasteiger charge is 2.31. The molecule has 0 amide bonds. The van der Waals surface area contributed by atoms with Crippen molar-refractivity contribution in [2.45, 2.75) is 24.8 Å². The molecule has 2 unspecified atom stereocenters. The smallest absolute Gasteiger partial charge is 0.497 e. The molecule has 0 saturated carbocycles. The first-order valence-electron chi connectivity index (χ1n) is 11.4. The van der Waals surface area contributed by atoms with E-state index in [4.69, 9.17) is 4.74 Å². The summed E-state index contributed by atoms with van der Waals surface area (Å²) in [5.41, 5.74) is 5.78. The van der Waals surface area contributed by atoms with Gasteiger partial charge in [0.1, 0.15) is 23.3 Å². The summed E-state index contributed by atoms with van der Waals surface area (Å²) in [6, 6.07) is 20.6. The Labute approximate surface area is 222 Å². The van der Waals surface area contributed by atoms with Gasteiger partial charge in [0.05, 0.1) is 19.0 Å². The van der Waals surface area contributed by atoms with Crippen LogP contribution in [0.15, 0.2) is 84.2 Å². The minimum atomic E-state index is -4.74. The second kappa shape index (κ2) is 12.0. The second-order valence-electron chi connectivity index (χ2n) is 8.13. The number of thiol groups is 1. The summed E-state index contributed by atoms with van der Waals surface area (Å²) >= 11 is 4.49. The van der Waals surface area contributed by atoms with Gasteiger partial charge in [0.25, 0.3) is 0 Å². The van der Waals surface area contributed by atoms with E-state index >= 15 is 0 Å². The highest BCUT2D eigenvalue weighted by Crippen LogP contribution is 2.24. The number of alkyl halides is 3. The topological polar surface area (TPSA) is 85.6 Å². The van der Waals surface area contributed by atoms with Crippen molar-refractivity contribution in [2.24, 2.45) is 5.10 Å². The molecule has 4 aromatic rings. The Balaban J connectivity index is 1.31. The number of rotatable bonds is 10. The molecule has 198 valence electrons. The van der Waals surface area contributed by atoms with Crippen molar-refractivity contribution < 1.29 is 22.6 Å². The molecule has 0 fully saturated rings. The number of benzene rings is 3. The monoisotopic (exact) mass is 542 g/mol. The maximum absolute atomic E-state index is 12.3. The zero-order valence-corrected chi connectivity index (χ0v) is 21.3. The van der Waals surface area contributed by atoms with Crippen LogP contribution in [-0.4, -0.2) is 39.9 Å². The number of aromatic nitrogens is 3. The molecule has 0 aliphatic carbocycles. The molecule has 3 aromatic carbocycles. The summed E-state index contributed by atoms with van der Waals surface area (Å²) in [6.07, 6.45) is -1.58. The lowest BCUT2D eigenvalue weighted by Crippen LogP contribution is -2.36. The molecule has 0 radical (unpaired) electrons. The fraction of sp³-hybridized carbons (Fsp3) is 0.192. The molecule has 1 aromatic heterocycles. The predicted molar refractivity (Wildman–Crippen MR) is 142 cm³/mol. The van der Waals surface area contributed by atoms with E-state index in [-0.39, 0.29) is 17.3 Å². The second-order valence-corrected chi connectivity index (χ2v) is 8.65. The lowest BCUT2D eigenvalue weighted by atomic mass is 10.1. The Hall–Kier alpha value is -4.03. The molecular formula is C26H25F3N6O2S. The van der Waals surface area contributed by atoms with E-state index in [0.717, 1.165) is 22.4 Å². The Morgan fingerprint density at radius 1 is 1.03 bits per heavy atom. The Morgan fingerprint density at radius 3 is 2.45 bits per heavy atom. The van der Waals surface area contributed by atoms with Crippen molar-refractivity contribution >= 4 is 18.8 Å². The van der Waals surface area contributed by atoms with Gasteiger partial charge in [0.15, 0.2) is 5.82 Å². The van der Waals surface area contributed by atoms with Gasteiger partial charge in [-0.1, -0.05) is 36.4 Å². The lowest BCUT2D eigenvalue weighted by molar-refractivity contribution is -0.274. The molecule has 1 heterocycles. The predicted octanol–water partition coefficient (Wildman–Crippen LogP) is 5.33. The largest absolute Gasteiger partial charge is 0.573 e. The van der Waals surface area contributed by atoms with E-state index in [1.54, 1.807) is 13.3 Å². The molecule has 0 spiro atoms. The van der Waals surface area contributed by atoms with Crippen LogP contribution in [0.1, 0.15) is 24.1 Å². The summed E-state index contributed by atoms with van der Waals surface area (Å²) in [5, 5.41) is 11.9. The van der Waals surface area contributed by atoms with E-state index in [1.807, 2.05) is 55.5 Å². The van der Waals surface area contributed by atoms with Crippen molar-refractivity contribution in [3.05, 3.63) is 90.3 Å². The third-order valence-electron chi connectivity index (χ3n) is 5.41. The van der Waals surface area contributed by atoms with E-state index in [9.17, 15) is 13.2 Å². The van der Waals surface area contributed by atoms with Gasteiger partial charge in [0, 0.05) is 11.6 Å². The van der Waals surface area contributed by atoms with Gasteiger partial charge in [0.2, 0.25) is 0 Å². The van der Waals surface area contributed by atoms with Crippen molar-refractivity contribution in [1.29, 1.82) is 0 Å². The van der Waals surface area contributed by atoms with Gasteiger partial charge in [-0.15, -0.1) is 30.9 Å². The van der Waals surface area contributed by atoms with Gasteiger partial charge in [-0.2, -0.15) is 5.10 Å². The summed E-state index contributed by atoms with van der Waals surface area (Å²) < 4.78 is 47.7. The fourth-order valence-electron chi connectivity index (χ4n) is 3.50. The number of ether oxygens (including phenoxy) is 2. The van der Waals surface area contributed by atoms with Crippen molar-refractivity contribution in [1.82, 2.24) is 25.5 Å². The molecule has 2 N–H and O–H groups in total. The van der Waals surface area contributed by atoms with Crippen LogP contribution in [0.4, 0.5) is 13.2 Å². The summed E-state index contributed by atoms with van der Waals surface area (Å²) in [7, 11) is 1.63. The molecule has 0 aliphatic heterocycles. The van der Waals surface area contributed by atoms with E-state index in [0.29, 0.717) is 11.5 Å². The van der Waals surface area contributed by atoms with Crippen LogP contribution in [0.3, 0.4) is 0 Å². The summed E-state index contributed by atoms with van der Waals surface area (Å²) in [5.74, 6) is 0.949. The van der Waals surface area contributed by atoms with Crippen LogP contribution in [0.2, 0.25) is 0 Å². The molecule has 0 bridgehead atoms. The van der Waals surface area contributed by atoms with E-state index in [1.165, 1.54) is 35.3 Å². The quantitative estimate of drug-likeness (QED) is 0.109. The fourth-order valence-corrected chi connectivity index (χ4v) is 3.79. The minimum absolute atomic E-state index is 0.0213. The van der Waals surface area contributed by atoms with Crippen molar-refractivity contribution in [3.63, 3.8) is 0 Å². The molecule has 2 atom stereocenters. The summed E-state index contributed by atoms with van der Waals surface area (Å²) in [4.78, 5) is 4.29. The number of nitrogens with zero attached hydrogens (tertiary/aromatic N) is 4. The Kier molecular flexibility index (Phi) is 8.54. The summed E-state index contributed by atoms with van der Waals surface area (Å²) in [6.45, 7) is 2.02. The average Bonchev–Trinajstić information content (AvgIpc) is 3.39. The number of halogens is 3. The average molecular weight is 543 g/mol. The third-order valence-corrected chi connectivity index (χ3v) is 5.67. The van der Waals surface area contributed by atoms with Crippen LogP contribution in [0, 0.1) is 0 Å². The first-order valence-corrected chi connectivity index (χ1v) is 12.0. The molecular weight excluding hydrogens is 517 g/mol. The maximum Gasteiger partial charge on any atom is 0.573 e. The van der Waals surface area contributed by atoms with Crippen LogP contribution in [0.25, 0.3) is 17.1 Å². The number of hydrogen-bond acceptors (Lipinski definition) is 8. The third kappa shape index (κ3) is 7.49. The number of hydrazone groups is 1. The Morgan fingerprint density at radius 2 is 1.76 bits per heavy atom. The first-order chi connectivity index (χ1) is 18.2. The van der Waals surface area contributed by atoms with Crippen LogP contribution >= 0.6 is 12.6 Å². The van der Waals surface area contributed by atoms with Crippen LogP contribution in [-0.2, 0) is 0 Å². The SMILES string of the molecule is COc1cccc(C(C)NC(S)N/N=C/c2ccc(-c3ncn(-c4ccc(OC(F)(F)F)cc4)n3)cc2)c1. The highest BCUT2D eigenvalue weighted by atomic mass is 32.1. The van der Waals surface area contributed by atoms with Crippen molar-refractivity contribution in [2.75, 3.05) is 7.11 Å². The van der Waals surface area contributed by atoms with Gasteiger partial charge in [-0.3, -0.25) is 10.7 Å². The maximum atomic E-state index is 12.3. The highest BCUT2D eigenvalue weighted by molar-refractivity contribution is 7.80. The zero-order chi connectivity index (χ0) is 27.1. The van der Waals surface area contributed by atoms with Crippen molar-refractivity contribution in [3.8, 4) is 28.6 Å². The molecule has 0 aliphatic rings. The number of hydrogen-bond donors (Lipinski definition) is 3. The molecule has 12 heteroatoms. The molecule has 4 rings (SSSR count).